The highest BCUT2D eigenvalue weighted by molar-refractivity contribution is 7.92. The molecule has 0 saturated carbocycles. The van der Waals surface area contributed by atoms with Gasteiger partial charge in [0, 0.05) is 0 Å². The van der Waals surface area contributed by atoms with Crippen molar-refractivity contribution in [1.29, 1.82) is 0 Å². The maximum atomic E-state index is 13.3. The van der Waals surface area contributed by atoms with Gasteiger partial charge in [-0.2, -0.15) is 0 Å². The summed E-state index contributed by atoms with van der Waals surface area (Å²) in [6.07, 6.45) is 2.08. The molecule has 0 unspecified atom stereocenters. The van der Waals surface area contributed by atoms with Crippen molar-refractivity contribution in [2.45, 2.75) is 24.7 Å². The van der Waals surface area contributed by atoms with Crippen LogP contribution in [0.5, 0.6) is 5.75 Å². The minimum Gasteiger partial charge on any atom is -0.492 e. The van der Waals surface area contributed by atoms with E-state index in [1.165, 1.54) is 23.8 Å². The molecule has 180 valence electrons. The Bertz CT molecular complexity index is 1200. The Hall–Kier alpha value is -2.74. The molecule has 6 nitrogen and oxygen atoms in total. The van der Waals surface area contributed by atoms with Gasteiger partial charge in [-0.25, -0.2) is 8.42 Å². The van der Waals surface area contributed by atoms with Gasteiger partial charge in [-0.05, 0) is 48.4 Å². The van der Waals surface area contributed by atoms with Gasteiger partial charge in [0.1, 0.15) is 18.9 Å². The molecule has 0 aromatic heterocycles. The van der Waals surface area contributed by atoms with Crippen LogP contribution in [0.3, 0.4) is 0 Å². The Morgan fingerprint density at radius 1 is 0.971 bits per heavy atom. The molecule has 0 atom stereocenters. The van der Waals surface area contributed by atoms with Crippen molar-refractivity contribution in [2.24, 2.45) is 0 Å². The first-order valence-corrected chi connectivity index (χ1v) is 13.0. The lowest BCUT2D eigenvalue weighted by Gasteiger charge is -2.25. The minimum atomic E-state index is -4.07. The number of benzene rings is 3. The number of ether oxygens (including phenoxy) is 1. The van der Waals surface area contributed by atoms with Crippen molar-refractivity contribution in [1.82, 2.24) is 5.32 Å². The molecule has 0 fully saturated rings. The van der Waals surface area contributed by atoms with E-state index >= 15 is 0 Å². The van der Waals surface area contributed by atoms with Gasteiger partial charge in [-0.3, -0.25) is 9.10 Å². The molecule has 3 aromatic carbocycles. The van der Waals surface area contributed by atoms with E-state index in [1.807, 2.05) is 24.3 Å². The SMILES string of the molecule is CCCc1ccc(OCCNC(=O)CN(c2cccc(Cl)c2Cl)S(=O)(=O)c2ccccc2)cc1. The molecule has 1 amide bonds. The van der Waals surface area contributed by atoms with Crippen LogP contribution in [0, 0.1) is 0 Å². The zero-order valence-corrected chi connectivity index (χ0v) is 21.0. The van der Waals surface area contributed by atoms with Crippen LogP contribution in [0.2, 0.25) is 10.0 Å². The molecular weight excluding hydrogens is 495 g/mol. The minimum absolute atomic E-state index is 0.0358. The lowest BCUT2D eigenvalue weighted by Crippen LogP contribution is -2.42. The van der Waals surface area contributed by atoms with Gasteiger partial charge in [0.05, 0.1) is 27.2 Å². The topological polar surface area (TPSA) is 75.7 Å². The standard InChI is InChI=1S/C25H26Cl2N2O4S/c1-2-7-19-12-14-20(15-13-19)33-17-16-28-24(30)18-29(23-11-6-10-22(26)25(23)27)34(31,32)21-8-4-3-5-9-21/h3-6,8-15H,2,7,16-18H2,1H3,(H,28,30). The number of aryl methyl sites for hydroxylation is 1. The fraction of sp³-hybridized carbons (Fsp3) is 0.240. The first-order chi connectivity index (χ1) is 16.3. The number of carbonyl (C=O) groups is 1. The van der Waals surface area contributed by atoms with Crippen LogP contribution in [0.4, 0.5) is 5.69 Å². The lowest BCUT2D eigenvalue weighted by molar-refractivity contribution is -0.119. The summed E-state index contributed by atoms with van der Waals surface area (Å²) in [5.41, 5.74) is 1.36. The molecule has 0 radical (unpaired) electrons. The summed E-state index contributed by atoms with van der Waals surface area (Å²) in [4.78, 5) is 12.7. The Morgan fingerprint density at radius 3 is 2.35 bits per heavy atom. The smallest absolute Gasteiger partial charge is 0.264 e. The van der Waals surface area contributed by atoms with E-state index < -0.39 is 22.5 Å². The van der Waals surface area contributed by atoms with Crippen molar-refractivity contribution >= 4 is 44.8 Å². The van der Waals surface area contributed by atoms with Crippen molar-refractivity contribution in [3.05, 3.63) is 88.4 Å². The zero-order valence-electron chi connectivity index (χ0n) is 18.7. The van der Waals surface area contributed by atoms with E-state index in [1.54, 1.807) is 30.3 Å². The van der Waals surface area contributed by atoms with Gasteiger partial charge in [0.15, 0.2) is 0 Å². The van der Waals surface area contributed by atoms with E-state index in [4.69, 9.17) is 27.9 Å². The summed E-state index contributed by atoms with van der Waals surface area (Å²) in [5.74, 6) is 0.200. The van der Waals surface area contributed by atoms with Crippen molar-refractivity contribution in [3.63, 3.8) is 0 Å². The van der Waals surface area contributed by atoms with Crippen molar-refractivity contribution in [3.8, 4) is 5.75 Å². The highest BCUT2D eigenvalue weighted by Crippen LogP contribution is 2.35. The second-order valence-corrected chi connectivity index (χ2v) is 10.1. The average Bonchev–Trinajstić information content (AvgIpc) is 2.84. The number of amides is 1. The van der Waals surface area contributed by atoms with E-state index in [0.29, 0.717) is 5.75 Å². The van der Waals surface area contributed by atoms with Crippen molar-refractivity contribution in [2.75, 3.05) is 24.0 Å². The molecule has 3 aromatic rings. The number of carbonyl (C=O) groups excluding carboxylic acids is 1. The van der Waals surface area contributed by atoms with Crippen LogP contribution in [0.25, 0.3) is 0 Å². The van der Waals surface area contributed by atoms with Gasteiger partial charge >= 0.3 is 0 Å². The van der Waals surface area contributed by atoms with Gasteiger partial charge < -0.3 is 10.1 Å². The van der Waals surface area contributed by atoms with Crippen molar-refractivity contribution < 1.29 is 17.9 Å². The number of rotatable bonds is 11. The molecule has 0 aliphatic rings. The van der Waals surface area contributed by atoms with Gasteiger partial charge in [0.2, 0.25) is 5.91 Å². The largest absolute Gasteiger partial charge is 0.492 e. The lowest BCUT2D eigenvalue weighted by atomic mass is 10.1. The van der Waals surface area contributed by atoms with Crippen LogP contribution in [-0.4, -0.2) is 34.0 Å². The quantitative estimate of drug-likeness (QED) is 0.346. The molecule has 0 bridgehead atoms. The summed E-state index contributed by atoms with van der Waals surface area (Å²) < 4.78 is 33.3. The normalized spacial score (nSPS) is 11.1. The molecule has 9 heteroatoms. The summed E-state index contributed by atoms with van der Waals surface area (Å²) in [6, 6.07) is 20.3. The fourth-order valence-corrected chi connectivity index (χ4v) is 5.19. The Morgan fingerprint density at radius 2 is 1.68 bits per heavy atom. The number of halogens is 2. The summed E-state index contributed by atoms with van der Waals surface area (Å²) in [7, 11) is -4.07. The predicted molar refractivity (Wildman–Crippen MR) is 136 cm³/mol. The van der Waals surface area contributed by atoms with Gasteiger partial charge in [0.25, 0.3) is 10.0 Å². The van der Waals surface area contributed by atoms with E-state index in [2.05, 4.69) is 12.2 Å². The molecule has 1 N–H and O–H groups in total. The third-order valence-electron chi connectivity index (χ3n) is 4.97. The zero-order chi connectivity index (χ0) is 24.6. The third-order valence-corrected chi connectivity index (χ3v) is 7.56. The predicted octanol–water partition coefficient (Wildman–Crippen LogP) is 5.34. The Balaban J connectivity index is 1.67. The monoisotopic (exact) mass is 520 g/mol. The first-order valence-electron chi connectivity index (χ1n) is 10.8. The maximum absolute atomic E-state index is 13.3. The van der Waals surface area contributed by atoms with Crippen LogP contribution in [0.1, 0.15) is 18.9 Å². The summed E-state index contributed by atoms with van der Waals surface area (Å²) in [6.45, 7) is 2.10. The number of hydrogen-bond acceptors (Lipinski definition) is 4. The molecule has 0 spiro atoms. The Labute approximate surface area is 210 Å². The van der Waals surface area contributed by atoms with Crippen LogP contribution in [0.15, 0.2) is 77.7 Å². The Kier molecular flexibility index (Phi) is 9.21. The number of nitrogens with zero attached hydrogens (tertiary/aromatic N) is 1. The van der Waals surface area contributed by atoms with E-state index in [0.717, 1.165) is 17.1 Å². The van der Waals surface area contributed by atoms with E-state index in [9.17, 15) is 13.2 Å². The van der Waals surface area contributed by atoms with Gasteiger partial charge in [-0.1, -0.05) is 72.9 Å². The maximum Gasteiger partial charge on any atom is 0.264 e. The third kappa shape index (κ3) is 6.65. The average molecular weight is 521 g/mol. The fourth-order valence-electron chi connectivity index (χ4n) is 3.29. The van der Waals surface area contributed by atoms with Crippen LogP contribution in [-0.2, 0) is 21.2 Å². The number of nitrogens with one attached hydrogen (secondary N) is 1. The molecule has 0 aliphatic carbocycles. The number of anilines is 1. The molecule has 0 saturated heterocycles. The highest BCUT2D eigenvalue weighted by Gasteiger charge is 2.29. The van der Waals surface area contributed by atoms with Crippen LogP contribution < -0.4 is 14.4 Å². The first kappa shape index (κ1) is 25.9. The molecule has 3 rings (SSSR count). The summed E-state index contributed by atoms with van der Waals surface area (Å²) >= 11 is 12.4. The molecule has 0 aliphatic heterocycles. The molecule has 0 heterocycles. The second kappa shape index (κ2) is 12.1. The number of hydrogen-bond donors (Lipinski definition) is 1. The second-order valence-electron chi connectivity index (χ2n) is 7.49. The van der Waals surface area contributed by atoms with E-state index in [-0.39, 0.29) is 33.8 Å². The van der Waals surface area contributed by atoms with Gasteiger partial charge in [-0.15, -0.1) is 0 Å². The molecular formula is C25H26Cl2N2O4S. The number of sulfonamides is 1. The van der Waals surface area contributed by atoms with Crippen LogP contribution >= 0.6 is 23.2 Å². The summed E-state index contributed by atoms with van der Waals surface area (Å²) in [5, 5.41) is 2.93. The molecule has 34 heavy (non-hydrogen) atoms. The highest BCUT2D eigenvalue weighted by atomic mass is 35.5.